The molecule has 0 aliphatic heterocycles. The van der Waals surface area contributed by atoms with E-state index in [0.29, 0.717) is 13.1 Å². The van der Waals surface area contributed by atoms with Gasteiger partial charge in [0, 0.05) is 18.7 Å². The van der Waals surface area contributed by atoms with Crippen molar-refractivity contribution >= 4 is 10.9 Å². The van der Waals surface area contributed by atoms with Crippen LogP contribution in [-0.2, 0) is 18.6 Å². The van der Waals surface area contributed by atoms with Crippen LogP contribution in [0.1, 0.15) is 74.3 Å². The molecule has 4 rings (SSSR count). The summed E-state index contributed by atoms with van der Waals surface area (Å²) in [6.45, 7) is 18.0. The van der Waals surface area contributed by atoms with Crippen molar-refractivity contribution in [3.63, 3.8) is 0 Å². The molecule has 190 valence electrons. The lowest BCUT2D eigenvalue weighted by Crippen LogP contribution is -2.37. The quantitative estimate of drug-likeness (QED) is 0.368. The number of nitrogens with zero attached hydrogens (tertiary/aromatic N) is 5. The zero-order valence-electron chi connectivity index (χ0n) is 22.8. The highest BCUT2D eigenvalue weighted by Crippen LogP contribution is 2.32. The lowest BCUT2D eigenvalue weighted by atomic mass is 9.98. The molecule has 1 atom stereocenters. The third-order valence-electron chi connectivity index (χ3n) is 6.67. The maximum absolute atomic E-state index is 13.3. The molecule has 7 heteroatoms. The highest BCUT2D eigenvalue weighted by Gasteiger charge is 2.33. The molecule has 2 heterocycles. The van der Waals surface area contributed by atoms with Crippen molar-refractivity contribution in [2.75, 3.05) is 0 Å². The number of aryl methyl sites for hydroxylation is 3. The first-order chi connectivity index (χ1) is 16.9. The number of hydrogen-bond acceptors (Lipinski definition) is 5. The number of hydrogen-bond donors (Lipinski definition) is 1. The average molecular weight is 487 g/mol. The minimum atomic E-state index is -0.267. The normalized spacial score (nSPS) is 13.2. The summed E-state index contributed by atoms with van der Waals surface area (Å²) < 4.78 is 1.91. The molecular formula is C29H38N6O. The summed E-state index contributed by atoms with van der Waals surface area (Å²) in [7, 11) is 0. The Morgan fingerprint density at radius 1 is 0.972 bits per heavy atom. The Labute approximate surface area is 213 Å². The van der Waals surface area contributed by atoms with Gasteiger partial charge in [0.1, 0.15) is 0 Å². The number of rotatable bonds is 7. The molecule has 36 heavy (non-hydrogen) atoms. The van der Waals surface area contributed by atoms with Gasteiger partial charge in [0.2, 0.25) is 0 Å². The summed E-state index contributed by atoms with van der Waals surface area (Å²) in [5.74, 6) is 1.03. The van der Waals surface area contributed by atoms with E-state index in [4.69, 9.17) is 0 Å². The van der Waals surface area contributed by atoms with Crippen LogP contribution >= 0.6 is 0 Å². The van der Waals surface area contributed by atoms with Crippen LogP contribution < -0.4 is 5.56 Å². The Morgan fingerprint density at radius 2 is 1.67 bits per heavy atom. The van der Waals surface area contributed by atoms with Gasteiger partial charge in [-0.1, -0.05) is 55.3 Å². The van der Waals surface area contributed by atoms with Gasteiger partial charge in [0.05, 0.1) is 17.1 Å². The van der Waals surface area contributed by atoms with E-state index in [2.05, 4.69) is 110 Å². The van der Waals surface area contributed by atoms with Crippen molar-refractivity contribution in [2.24, 2.45) is 5.92 Å². The molecule has 1 N–H and O–H groups in total. The number of fused-ring (bicyclic) bond motifs is 1. The van der Waals surface area contributed by atoms with Crippen molar-refractivity contribution in [3.05, 3.63) is 86.5 Å². The average Bonchev–Trinajstić information content (AvgIpc) is 3.26. The molecule has 0 spiro atoms. The van der Waals surface area contributed by atoms with E-state index in [9.17, 15) is 4.79 Å². The summed E-state index contributed by atoms with van der Waals surface area (Å²) in [5.41, 5.74) is 5.98. The Kier molecular flexibility index (Phi) is 7.14. The lowest BCUT2D eigenvalue weighted by molar-refractivity contribution is 0.119. The third kappa shape index (κ3) is 5.41. The summed E-state index contributed by atoms with van der Waals surface area (Å²) in [5, 5.41) is 13.9. The molecule has 0 unspecified atom stereocenters. The fourth-order valence-corrected chi connectivity index (χ4v) is 4.99. The van der Waals surface area contributed by atoms with Gasteiger partial charge in [0.25, 0.3) is 5.56 Å². The maximum Gasteiger partial charge on any atom is 0.252 e. The van der Waals surface area contributed by atoms with Crippen LogP contribution in [0.15, 0.2) is 47.3 Å². The predicted molar refractivity (Wildman–Crippen MR) is 145 cm³/mol. The minimum absolute atomic E-state index is 0.0544. The molecule has 0 saturated carbocycles. The topological polar surface area (TPSA) is 79.7 Å². The van der Waals surface area contributed by atoms with Crippen molar-refractivity contribution < 1.29 is 0 Å². The molecule has 0 aliphatic rings. The fraction of sp³-hybridized carbons (Fsp3) is 0.448. The fourth-order valence-electron chi connectivity index (χ4n) is 4.99. The maximum atomic E-state index is 13.3. The van der Waals surface area contributed by atoms with E-state index in [0.717, 1.165) is 27.9 Å². The molecule has 0 fully saturated rings. The van der Waals surface area contributed by atoms with E-state index < -0.39 is 0 Å². The summed E-state index contributed by atoms with van der Waals surface area (Å²) in [6, 6.07) is 14.8. The Bertz CT molecular complexity index is 1410. The van der Waals surface area contributed by atoms with Crippen LogP contribution in [-0.4, -0.2) is 30.1 Å². The lowest BCUT2D eigenvalue weighted by Gasteiger charge is -2.35. The Morgan fingerprint density at radius 3 is 2.31 bits per heavy atom. The highest BCUT2D eigenvalue weighted by molar-refractivity contribution is 5.82. The largest absolute Gasteiger partial charge is 0.321 e. The summed E-state index contributed by atoms with van der Waals surface area (Å²) in [4.78, 5) is 18.8. The van der Waals surface area contributed by atoms with E-state index in [-0.39, 0.29) is 23.1 Å². The van der Waals surface area contributed by atoms with Gasteiger partial charge in [-0.3, -0.25) is 9.69 Å². The number of pyridine rings is 1. The van der Waals surface area contributed by atoms with Crippen LogP contribution in [0.25, 0.3) is 10.9 Å². The molecule has 4 aromatic rings. The molecule has 0 saturated heterocycles. The van der Waals surface area contributed by atoms with Gasteiger partial charge in [-0.15, -0.1) is 5.10 Å². The molecule has 7 nitrogen and oxygen atoms in total. The van der Waals surface area contributed by atoms with Gasteiger partial charge in [-0.25, -0.2) is 4.68 Å². The number of aromatic nitrogens is 5. The number of tetrazole rings is 1. The van der Waals surface area contributed by atoms with Crippen molar-refractivity contribution in [3.8, 4) is 0 Å². The summed E-state index contributed by atoms with van der Waals surface area (Å²) in [6.07, 6.45) is 0. The van der Waals surface area contributed by atoms with Gasteiger partial charge in [-0.05, 0) is 86.5 Å². The van der Waals surface area contributed by atoms with Crippen LogP contribution in [0, 0.1) is 26.7 Å². The molecule has 2 aromatic heterocycles. The second-order valence-electron chi connectivity index (χ2n) is 11.4. The highest BCUT2D eigenvalue weighted by atomic mass is 16.1. The molecule has 2 aromatic carbocycles. The van der Waals surface area contributed by atoms with Crippen LogP contribution in [0.3, 0.4) is 0 Å². The third-order valence-corrected chi connectivity index (χ3v) is 6.67. The second kappa shape index (κ2) is 9.97. The predicted octanol–water partition coefficient (Wildman–Crippen LogP) is 5.59. The first-order valence-corrected chi connectivity index (χ1v) is 12.7. The standard InChI is InChI=1S/C29H38N6O/c1-18(2)26(27-31-32-33-35(27)29(6,7)8)34(16-22-11-9-19(3)10-12-22)17-24-15-23-14-20(4)13-21(5)25(23)30-28(24)36/h9-15,18,26H,16-17H2,1-8H3,(H,30,36)/t26-/m0/s1. The second-order valence-corrected chi connectivity index (χ2v) is 11.4. The monoisotopic (exact) mass is 486 g/mol. The molecule has 0 aliphatic carbocycles. The molecule has 0 bridgehead atoms. The van der Waals surface area contributed by atoms with E-state index >= 15 is 0 Å². The number of benzene rings is 2. The van der Waals surface area contributed by atoms with Gasteiger partial charge >= 0.3 is 0 Å². The first kappa shape index (κ1) is 25.8. The number of H-pyrrole nitrogens is 1. The SMILES string of the molecule is Cc1ccc(CN(Cc2cc3cc(C)cc(C)c3[nH]c2=O)[C@H](c2nnnn2C(C)(C)C)C(C)C)cc1. The van der Waals surface area contributed by atoms with E-state index in [1.54, 1.807) is 0 Å². The van der Waals surface area contributed by atoms with E-state index in [1.807, 2.05) is 17.7 Å². The van der Waals surface area contributed by atoms with Crippen molar-refractivity contribution in [1.29, 1.82) is 0 Å². The van der Waals surface area contributed by atoms with Crippen LogP contribution in [0.2, 0.25) is 0 Å². The van der Waals surface area contributed by atoms with Crippen LogP contribution in [0.5, 0.6) is 0 Å². The van der Waals surface area contributed by atoms with Crippen molar-refractivity contribution in [2.45, 2.75) is 80.1 Å². The summed E-state index contributed by atoms with van der Waals surface area (Å²) >= 11 is 0. The van der Waals surface area contributed by atoms with Crippen LogP contribution in [0.4, 0.5) is 0 Å². The van der Waals surface area contributed by atoms with Crippen molar-refractivity contribution in [1.82, 2.24) is 30.1 Å². The number of aromatic amines is 1. The molecular weight excluding hydrogens is 448 g/mol. The molecule has 0 radical (unpaired) electrons. The smallest absolute Gasteiger partial charge is 0.252 e. The van der Waals surface area contributed by atoms with E-state index in [1.165, 1.54) is 16.7 Å². The van der Waals surface area contributed by atoms with Gasteiger partial charge in [0.15, 0.2) is 5.82 Å². The first-order valence-electron chi connectivity index (χ1n) is 12.7. The zero-order chi connectivity index (χ0) is 26.2. The Hall–Kier alpha value is -3.32. The van der Waals surface area contributed by atoms with Gasteiger partial charge < -0.3 is 4.98 Å². The minimum Gasteiger partial charge on any atom is -0.321 e. The van der Waals surface area contributed by atoms with Gasteiger partial charge in [-0.2, -0.15) is 0 Å². The molecule has 0 amide bonds. The Balaban J connectivity index is 1.83. The zero-order valence-corrected chi connectivity index (χ0v) is 22.8. The number of nitrogens with one attached hydrogen (secondary N) is 1.